The molecule has 0 spiro atoms. The van der Waals surface area contributed by atoms with Gasteiger partial charge in [0.05, 0.1) is 5.69 Å². The maximum atomic E-state index is 4.92. The summed E-state index contributed by atoms with van der Waals surface area (Å²) in [5.74, 6) is 0. The first-order chi connectivity index (χ1) is 20.9. The van der Waals surface area contributed by atoms with Crippen molar-refractivity contribution in [1.29, 1.82) is 0 Å². The lowest BCUT2D eigenvalue weighted by atomic mass is 9.84. The average Bonchev–Trinajstić information content (AvgIpc) is 3.08. The molecule has 0 atom stereocenters. The topological polar surface area (TPSA) is 12.9 Å². The Morgan fingerprint density at radius 1 is 0.310 bits per heavy atom. The summed E-state index contributed by atoms with van der Waals surface area (Å²) >= 11 is 0. The molecule has 1 heteroatoms. The van der Waals surface area contributed by atoms with Gasteiger partial charge in [0, 0.05) is 11.8 Å². The highest BCUT2D eigenvalue weighted by molar-refractivity contribution is 6.28. The minimum Gasteiger partial charge on any atom is -0.256 e. The lowest BCUT2D eigenvalue weighted by molar-refractivity contribution is 1.33. The van der Waals surface area contributed by atoms with Gasteiger partial charge >= 0.3 is 0 Å². The van der Waals surface area contributed by atoms with E-state index < -0.39 is 0 Å². The molecule has 42 heavy (non-hydrogen) atoms. The van der Waals surface area contributed by atoms with Crippen molar-refractivity contribution in [3.05, 3.63) is 164 Å². The van der Waals surface area contributed by atoms with Gasteiger partial charge in [0.15, 0.2) is 0 Å². The van der Waals surface area contributed by atoms with Gasteiger partial charge in [-0.15, -0.1) is 0 Å². The highest BCUT2D eigenvalue weighted by atomic mass is 14.7. The van der Waals surface area contributed by atoms with Gasteiger partial charge in [0.25, 0.3) is 0 Å². The quantitative estimate of drug-likeness (QED) is 0.205. The van der Waals surface area contributed by atoms with Crippen LogP contribution in [-0.2, 0) is 0 Å². The molecule has 8 rings (SSSR count). The zero-order valence-corrected chi connectivity index (χ0v) is 23.0. The molecule has 7 aromatic carbocycles. The summed E-state index contributed by atoms with van der Waals surface area (Å²) < 4.78 is 0. The van der Waals surface area contributed by atoms with Crippen LogP contribution in [0.15, 0.2) is 164 Å². The van der Waals surface area contributed by atoms with Crippen LogP contribution in [0.2, 0.25) is 0 Å². The van der Waals surface area contributed by atoms with E-state index in [9.17, 15) is 0 Å². The third kappa shape index (κ3) is 3.90. The van der Waals surface area contributed by atoms with E-state index in [1.165, 1.54) is 65.7 Å². The summed E-state index contributed by atoms with van der Waals surface area (Å²) in [5, 5.41) is 7.65. The number of rotatable bonds is 4. The number of benzene rings is 7. The molecule has 0 aliphatic rings. The second kappa shape index (κ2) is 10.1. The van der Waals surface area contributed by atoms with Crippen LogP contribution in [0, 0.1) is 0 Å². The van der Waals surface area contributed by atoms with Crippen molar-refractivity contribution in [3.63, 3.8) is 0 Å². The summed E-state index contributed by atoms with van der Waals surface area (Å²) in [6, 6.07) is 56.6. The van der Waals surface area contributed by atoms with E-state index in [4.69, 9.17) is 4.98 Å². The maximum absolute atomic E-state index is 4.92. The highest BCUT2D eigenvalue weighted by Gasteiger charge is 2.20. The summed E-state index contributed by atoms with van der Waals surface area (Å²) in [6.45, 7) is 0. The van der Waals surface area contributed by atoms with Gasteiger partial charge in [0.1, 0.15) is 0 Å². The largest absolute Gasteiger partial charge is 0.256 e. The van der Waals surface area contributed by atoms with Crippen molar-refractivity contribution < 1.29 is 0 Å². The number of nitrogens with zero attached hydrogens (tertiary/aromatic N) is 1. The minimum absolute atomic E-state index is 0.966. The lowest BCUT2D eigenvalue weighted by Crippen LogP contribution is -1.95. The predicted molar refractivity (Wildman–Crippen MR) is 178 cm³/mol. The molecule has 0 aliphatic heterocycles. The van der Waals surface area contributed by atoms with Crippen LogP contribution >= 0.6 is 0 Å². The number of aromatic nitrogens is 1. The van der Waals surface area contributed by atoms with E-state index >= 15 is 0 Å². The highest BCUT2D eigenvalue weighted by Crippen LogP contribution is 2.46. The van der Waals surface area contributed by atoms with Crippen LogP contribution in [0.5, 0.6) is 0 Å². The first-order valence-corrected chi connectivity index (χ1v) is 14.4. The number of pyridine rings is 1. The van der Waals surface area contributed by atoms with Crippen molar-refractivity contribution in [2.75, 3.05) is 0 Å². The SMILES string of the molecule is c1ccc(-c2ccccc2-c2cccc(-c3cccc4c5ccccc5c5ccccc5c34)c2-c2ccccn2)cc1. The van der Waals surface area contributed by atoms with Gasteiger partial charge in [-0.2, -0.15) is 0 Å². The van der Waals surface area contributed by atoms with Crippen LogP contribution < -0.4 is 0 Å². The molecule has 0 N–H and O–H groups in total. The van der Waals surface area contributed by atoms with Crippen molar-refractivity contribution >= 4 is 32.3 Å². The number of hydrogen-bond donors (Lipinski definition) is 0. The van der Waals surface area contributed by atoms with E-state index in [0.29, 0.717) is 0 Å². The van der Waals surface area contributed by atoms with Crippen LogP contribution in [0.1, 0.15) is 0 Å². The second-order valence-corrected chi connectivity index (χ2v) is 10.7. The van der Waals surface area contributed by atoms with Crippen LogP contribution in [0.4, 0.5) is 0 Å². The molecule has 1 nitrogen and oxygen atoms in total. The fourth-order valence-electron chi connectivity index (χ4n) is 6.56. The third-order valence-corrected chi connectivity index (χ3v) is 8.35. The molecule has 1 heterocycles. The van der Waals surface area contributed by atoms with Crippen molar-refractivity contribution in [1.82, 2.24) is 4.98 Å². The van der Waals surface area contributed by atoms with Crippen LogP contribution in [-0.4, -0.2) is 4.98 Å². The minimum atomic E-state index is 0.966. The fourth-order valence-corrected chi connectivity index (χ4v) is 6.56. The average molecular weight is 534 g/mol. The summed E-state index contributed by atoms with van der Waals surface area (Å²) in [7, 11) is 0. The van der Waals surface area contributed by atoms with Crippen LogP contribution in [0.25, 0.3) is 77.0 Å². The zero-order chi connectivity index (χ0) is 27.9. The van der Waals surface area contributed by atoms with E-state index in [1.54, 1.807) is 0 Å². The zero-order valence-electron chi connectivity index (χ0n) is 23.0. The molecule has 0 radical (unpaired) electrons. The molecule has 0 unspecified atom stereocenters. The molecule has 8 aromatic rings. The Bertz CT molecular complexity index is 2190. The molecule has 0 saturated heterocycles. The molecule has 0 bridgehead atoms. The van der Waals surface area contributed by atoms with E-state index in [-0.39, 0.29) is 0 Å². The van der Waals surface area contributed by atoms with Gasteiger partial charge in [-0.05, 0) is 77.8 Å². The lowest BCUT2D eigenvalue weighted by Gasteiger charge is -2.20. The van der Waals surface area contributed by atoms with Gasteiger partial charge < -0.3 is 0 Å². The van der Waals surface area contributed by atoms with Gasteiger partial charge in [-0.3, -0.25) is 4.98 Å². The number of hydrogen-bond acceptors (Lipinski definition) is 1. The Labute approximate surface area is 245 Å². The van der Waals surface area contributed by atoms with E-state index in [2.05, 4.69) is 152 Å². The normalized spacial score (nSPS) is 11.3. The van der Waals surface area contributed by atoms with Gasteiger partial charge in [0.2, 0.25) is 0 Å². The molecule has 0 fully saturated rings. The molecule has 0 aliphatic carbocycles. The Hall–Kier alpha value is -5.53. The van der Waals surface area contributed by atoms with Gasteiger partial charge in [-0.1, -0.05) is 146 Å². The van der Waals surface area contributed by atoms with Crippen molar-refractivity contribution in [2.45, 2.75) is 0 Å². The smallest absolute Gasteiger partial charge is 0.0714 e. The maximum Gasteiger partial charge on any atom is 0.0714 e. The van der Waals surface area contributed by atoms with Crippen LogP contribution in [0.3, 0.4) is 0 Å². The number of fused-ring (bicyclic) bond motifs is 6. The predicted octanol–water partition coefficient (Wildman–Crippen LogP) is 11.2. The Kier molecular flexibility index (Phi) is 5.86. The van der Waals surface area contributed by atoms with E-state index in [0.717, 1.165) is 11.3 Å². The summed E-state index contributed by atoms with van der Waals surface area (Å²) in [6.07, 6.45) is 1.89. The van der Waals surface area contributed by atoms with Crippen molar-refractivity contribution in [3.8, 4) is 44.6 Å². The standard InChI is InChI=1S/C41H27N/c1-2-14-28(15-3-1)29-16-4-5-17-30(29)36-23-13-25-38(41(36)39-26-10-11-27-42-39)37-24-12-22-35-33-19-7-6-18-31(33)32-20-8-9-21-34(32)40(35)37/h1-27H. The van der Waals surface area contributed by atoms with E-state index in [1.807, 2.05) is 12.3 Å². The molecular formula is C41H27N. The molecule has 0 amide bonds. The Morgan fingerprint density at radius 2 is 0.786 bits per heavy atom. The Balaban J connectivity index is 1.51. The Morgan fingerprint density at radius 3 is 1.48 bits per heavy atom. The monoisotopic (exact) mass is 533 g/mol. The van der Waals surface area contributed by atoms with Crippen molar-refractivity contribution in [2.24, 2.45) is 0 Å². The first kappa shape index (κ1) is 24.3. The third-order valence-electron chi connectivity index (χ3n) is 8.35. The molecular weight excluding hydrogens is 506 g/mol. The van der Waals surface area contributed by atoms with Gasteiger partial charge in [-0.25, -0.2) is 0 Å². The molecule has 196 valence electrons. The first-order valence-electron chi connectivity index (χ1n) is 14.4. The summed E-state index contributed by atoms with van der Waals surface area (Å²) in [4.78, 5) is 4.92. The molecule has 1 aromatic heterocycles. The molecule has 0 saturated carbocycles. The second-order valence-electron chi connectivity index (χ2n) is 10.7. The fraction of sp³-hybridized carbons (Fsp3) is 0. The summed E-state index contributed by atoms with van der Waals surface area (Å²) in [5.41, 5.74) is 9.29.